The molecule has 1 amide bonds. The first-order valence-corrected chi connectivity index (χ1v) is 10.2. The lowest BCUT2D eigenvalue weighted by atomic mass is 10.1. The van der Waals surface area contributed by atoms with Gasteiger partial charge in [-0.2, -0.15) is 5.26 Å². The molecular formula is C19H19N3O4S. The van der Waals surface area contributed by atoms with Gasteiger partial charge in [-0.15, -0.1) is 0 Å². The Hall–Kier alpha value is -3.05. The van der Waals surface area contributed by atoms with Crippen molar-refractivity contribution >= 4 is 27.3 Å². The average Bonchev–Trinajstić information content (AvgIpc) is 2.83. The summed E-state index contributed by atoms with van der Waals surface area (Å²) < 4.78 is 31.3. The molecule has 8 heteroatoms. The molecule has 3 rings (SSSR count). The van der Waals surface area contributed by atoms with Gasteiger partial charge in [-0.25, -0.2) is 8.42 Å². The molecule has 0 aliphatic carbocycles. The van der Waals surface area contributed by atoms with E-state index in [9.17, 15) is 13.2 Å². The monoisotopic (exact) mass is 385 g/mol. The lowest BCUT2D eigenvalue weighted by molar-refractivity contribution is -0.122. The number of amides is 1. The molecule has 0 saturated heterocycles. The molecule has 2 aromatic carbocycles. The van der Waals surface area contributed by atoms with E-state index in [0.29, 0.717) is 23.5 Å². The van der Waals surface area contributed by atoms with E-state index in [1.165, 1.54) is 4.31 Å². The Labute approximate surface area is 158 Å². The molecule has 140 valence electrons. The zero-order valence-corrected chi connectivity index (χ0v) is 15.6. The maximum Gasteiger partial charge on any atom is 0.265 e. The van der Waals surface area contributed by atoms with E-state index in [-0.39, 0.29) is 18.9 Å². The molecule has 0 saturated carbocycles. The molecule has 0 spiro atoms. The molecule has 2 aromatic rings. The Bertz CT molecular complexity index is 981. The van der Waals surface area contributed by atoms with Crippen LogP contribution in [0.4, 0.5) is 11.4 Å². The van der Waals surface area contributed by atoms with Crippen LogP contribution in [0.25, 0.3) is 0 Å². The van der Waals surface area contributed by atoms with Crippen molar-refractivity contribution in [2.75, 3.05) is 22.4 Å². The minimum Gasteiger partial charge on any atom is -0.478 e. The third-order valence-electron chi connectivity index (χ3n) is 4.19. The summed E-state index contributed by atoms with van der Waals surface area (Å²) >= 11 is 0. The summed E-state index contributed by atoms with van der Waals surface area (Å²) in [5.74, 6) is -0.00173. The molecule has 0 aromatic heterocycles. The normalized spacial score (nSPS) is 16.4. The maximum atomic E-state index is 12.6. The summed E-state index contributed by atoms with van der Waals surface area (Å²) in [4.78, 5) is 12.6. The summed E-state index contributed by atoms with van der Waals surface area (Å²) in [7, 11) is -3.49. The van der Waals surface area contributed by atoms with Crippen LogP contribution in [0, 0.1) is 11.3 Å². The molecule has 1 heterocycles. The summed E-state index contributed by atoms with van der Waals surface area (Å²) in [5, 5.41) is 11.5. The van der Waals surface area contributed by atoms with Gasteiger partial charge in [0.15, 0.2) is 6.10 Å². The number of nitriles is 1. The Morgan fingerprint density at radius 3 is 2.63 bits per heavy atom. The molecule has 27 heavy (non-hydrogen) atoms. The van der Waals surface area contributed by atoms with Gasteiger partial charge in [0.2, 0.25) is 10.0 Å². The van der Waals surface area contributed by atoms with Crippen LogP contribution in [0.1, 0.15) is 12.0 Å². The number of anilines is 2. The lowest BCUT2D eigenvalue weighted by Crippen LogP contribution is -2.35. The number of hydrogen-bond donors (Lipinski definition) is 1. The average molecular weight is 385 g/mol. The van der Waals surface area contributed by atoms with E-state index in [1.807, 2.05) is 0 Å². The van der Waals surface area contributed by atoms with Crippen LogP contribution < -0.4 is 14.4 Å². The fourth-order valence-electron chi connectivity index (χ4n) is 2.88. The van der Waals surface area contributed by atoms with Gasteiger partial charge in [-0.1, -0.05) is 24.3 Å². The number of ether oxygens (including phenoxy) is 1. The molecule has 0 radical (unpaired) electrons. The third-order valence-corrected chi connectivity index (χ3v) is 5.37. The van der Waals surface area contributed by atoms with Crippen molar-refractivity contribution in [3.8, 4) is 11.8 Å². The van der Waals surface area contributed by atoms with Crippen molar-refractivity contribution in [2.45, 2.75) is 18.9 Å². The highest BCUT2D eigenvalue weighted by Gasteiger charge is 2.31. The van der Waals surface area contributed by atoms with E-state index in [1.54, 1.807) is 48.5 Å². The van der Waals surface area contributed by atoms with E-state index < -0.39 is 16.1 Å². The second-order valence-electron chi connectivity index (χ2n) is 6.22. The molecule has 0 bridgehead atoms. The van der Waals surface area contributed by atoms with E-state index in [2.05, 4.69) is 11.4 Å². The van der Waals surface area contributed by atoms with Crippen LogP contribution in [0.2, 0.25) is 0 Å². The number of carbonyl (C=O) groups is 1. The highest BCUT2D eigenvalue weighted by atomic mass is 32.2. The smallest absolute Gasteiger partial charge is 0.265 e. The van der Waals surface area contributed by atoms with E-state index >= 15 is 0 Å². The fraction of sp³-hybridized carbons (Fsp3) is 0.263. The second kappa shape index (κ2) is 7.68. The molecule has 1 N–H and O–H groups in total. The van der Waals surface area contributed by atoms with Crippen molar-refractivity contribution < 1.29 is 17.9 Å². The van der Waals surface area contributed by atoms with Gasteiger partial charge in [0.05, 0.1) is 24.4 Å². The van der Waals surface area contributed by atoms with Gasteiger partial charge in [-0.3, -0.25) is 9.10 Å². The Kier molecular flexibility index (Phi) is 5.33. The number of nitrogens with zero attached hydrogens (tertiary/aromatic N) is 2. The molecular weight excluding hydrogens is 366 g/mol. The predicted molar refractivity (Wildman–Crippen MR) is 102 cm³/mol. The first-order valence-electron chi connectivity index (χ1n) is 8.38. The molecule has 1 aliphatic rings. The summed E-state index contributed by atoms with van der Waals surface area (Å²) in [6, 6.07) is 15.8. The van der Waals surface area contributed by atoms with Crippen LogP contribution >= 0.6 is 0 Å². The van der Waals surface area contributed by atoms with E-state index in [0.717, 1.165) is 11.8 Å². The Balaban J connectivity index is 1.78. The number of rotatable bonds is 4. The first-order chi connectivity index (χ1) is 12.9. The van der Waals surface area contributed by atoms with Crippen molar-refractivity contribution in [1.29, 1.82) is 5.26 Å². The second-order valence-corrected chi connectivity index (χ2v) is 8.13. The molecule has 1 atom stereocenters. The maximum absolute atomic E-state index is 12.6. The summed E-state index contributed by atoms with van der Waals surface area (Å²) in [5.41, 5.74) is 1.87. The van der Waals surface area contributed by atoms with Crippen LogP contribution in [0.15, 0.2) is 48.5 Å². The zero-order valence-electron chi connectivity index (χ0n) is 14.8. The Morgan fingerprint density at radius 1 is 1.26 bits per heavy atom. The zero-order chi connectivity index (χ0) is 19.4. The largest absolute Gasteiger partial charge is 0.478 e. The number of sulfonamides is 1. The van der Waals surface area contributed by atoms with Crippen molar-refractivity contribution in [3.63, 3.8) is 0 Å². The SMILES string of the molecule is CS(=O)(=O)N1CC[C@@H](C(=O)Nc2ccc(CC#N)cc2)Oc2ccccc21. The van der Waals surface area contributed by atoms with Gasteiger partial charge >= 0.3 is 0 Å². The summed E-state index contributed by atoms with van der Waals surface area (Å²) in [6.07, 6.45) is 0.835. The molecule has 1 aliphatic heterocycles. The van der Waals surface area contributed by atoms with Crippen LogP contribution in [0.3, 0.4) is 0 Å². The van der Waals surface area contributed by atoms with Gasteiger partial charge in [0.1, 0.15) is 5.75 Å². The van der Waals surface area contributed by atoms with Crippen LogP contribution in [-0.4, -0.2) is 33.2 Å². The van der Waals surface area contributed by atoms with Gasteiger partial charge in [-0.05, 0) is 29.8 Å². The van der Waals surface area contributed by atoms with Crippen molar-refractivity contribution in [1.82, 2.24) is 0 Å². The quantitative estimate of drug-likeness (QED) is 0.871. The van der Waals surface area contributed by atoms with E-state index in [4.69, 9.17) is 10.00 Å². The summed E-state index contributed by atoms with van der Waals surface area (Å²) in [6.45, 7) is 0.148. The Morgan fingerprint density at radius 2 is 1.96 bits per heavy atom. The van der Waals surface area contributed by atoms with Crippen LogP contribution in [-0.2, 0) is 21.2 Å². The number of hydrogen-bond acceptors (Lipinski definition) is 5. The predicted octanol–water partition coefficient (Wildman–Crippen LogP) is 2.31. The topological polar surface area (TPSA) is 99.5 Å². The highest BCUT2D eigenvalue weighted by molar-refractivity contribution is 7.92. The minimum absolute atomic E-state index is 0.148. The molecule has 7 nitrogen and oxygen atoms in total. The minimum atomic E-state index is -3.49. The fourth-order valence-corrected chi connectivity index (χ4v) is 3.82. The highest BCUT2D eigenvalue weighted by Crippen LogP contribution is 2.34. The number of para-hydroxylation sites is 2. The molecule has 0 fully saturated rings. The number of benzene rings is 2. The van der Waals surface area contributed by atoms with Gasteiger partial charge in [0, 0.05) is 18.7 Å². The van der Waals surface area contributed by atoms with Gasteiger partial charge in [0.25, 0.3) is 5.91 Å². The van der Waals surface area contributed by atoms with Crippen LogP contribution in [0.5, 0.6) is 5.75 Å². The van der Waals surface area contributed by atoms with Crippen molar-refractivity contribution in [3.05, 3.63) is 54.1 Å². The van der Waals surface area contributed by atoms with Crippen molar-refractivity contribution in [2.24, 2.45) is 0 Å². The number of carbonyl (C=O) groups excluding carboxylic acids is 1. The third kappa shape index (κ3) is 4.38. The van der Waals surface area contributed by atoms with Gasteiger partial charge < -0.3 is 10.1 Å². The standard InChI is InChI=1S/C19H19N3O4S/c1-27(24,25)22-13-11-18(26-17-5-3-2-4-16(17)22)19(23)21-15-8-6-14(7-9-15)10-12-20/h2-9,18H,10-11,13H2,1H3,(H,21,23)/t18-/m0/s1. The number of fused-ring (bicyclic) bond motifs is 1. The lowest BCUT2D eigenvalue weighted by Gasteiger charge is -2.20. The molecule has 0 unspecified atom stereocenters. The number of nitrogens with one attached hydrogen (secondary N) is 1. The first kappa shape index (κ1) is 18.7.